The predicted octanol–water partition coefficient (Wildman–Crippen LogP) is 5.05. The summed E-state index contributed by atoms with van der Waals surface area (Å²) in [6.07, 6.45) is 2.35. The van der Waals surface area contributed by atoms with E-state index in [1.54, 1.807) is 11.3 Å². The van der Waals surface area contributed by atoms with Crippen molar-refractivity contribution < 1.29 is 0 Å². The highest BCUT2D eigenvalue weighted by Gasteiger charge is 2.26. The Kier molecular flexibility index (Phi) is 3.66. The standard InChI is InChI=1S/C16H18ClNS/c1-10-3-5-12(6-4-10)11(2)18-14-7-8-15-13(14)9-16(17)19-15/h3-6,9,11,14,18H,7-8H2,1-2H3/t11-,14?/m0/s1. The van der Waals surface area contributed by atoms with E-state index in [1.165, 1.54) is 28.0 Å². The minimum Gasteiger partial charge on any atom is -0.303 e. The quantitative estimate of drug-likeness (QED) is 0.834. The Morgan fingerprint density at radius 1 is 1.32 bits per heavy atom. The van der Waals surface area contributed by atoms with E-state index < -0.39 is 0 Å². The van der Waals surface area contributed by atoms with Gasteiger partial charge in [-0.05, 0) is 43.9 Å². The summed E-state index contributed by atoms with van der Waals surface area (Å²) in [5.41, 5.74) is 4.07. The summed E-state index contributed by atoms with van der Waals surface area (Å²) < 4.78 is 0.916. The van der Waals surface area contributed by atoms with Crippen LogP contribution >= 0.6 is 22.9 Å². The Labute approximate surface area is 123 Å². The van der Waals surface area contributed by atoms with E-state index in [9.17, 15) is 0 Å². The van der Waals surface area contributed by atoms with Crippen LogP contribution < -0.4 is 5.32 Å². The molecule has 0 saturated carbocycles. The Morgan fingerprint density at radius 2 is 2.05 bits per heavy atom. The first-order chi connectivity index (χ1) is 9.13. The van der Waals surface area contributed by atoms with Crippen LogP contribution in [-0.4, -0.2) is 0 Å². The monoisotopic (exact) mass is 291 g/mol. The fourth-order valence-corrected chi connectivity index (χ4v) is 4.11. The Balaban J connectivity index is 1.73. The predicted molar refractivity (Wildman–Crippen MR) is 83.1 cm³/mol. The van der Waals surface area contributed by atoms with E-state index in [1.807, 2.05) is 0 Å². The molecule has 19 heavy (non-hydrogen) atoms. The maximum absolute atomic E-state index is 6.11. The van der Waals surface area contributed by atoms with E-state index in [4.69, 9.17) is 11.6 Å². The number of hydrogen-bond donors (Lipinski definition) is 1. The zero-order chi connectivity index (χ0) is 13.4. The molecule has 1 N–H and O–H groups in total. The van der Waals surface area contributed by atoms with Crippen molar-refractivity contribution in [2.45, 2.75) is 38.8 Å². The van der Waals surface area contributed by atoms with Crippen molar-refractivity contribution in [3.05, 3.63) is 56.2 Å². The van der Waals surface area contributed by atoms with E-state index in [0.717, 1.165) is 10.8 Å². The molecule has 1 nitrogen and oxygen atoms in total. The second kappa shape index (κ2) is 5.28. The van der Waals surface area contributed by atoms with Gasteiger partial charge in [-0.1, -0.05) is 41.4 Å². The topological polar surface area (TPSA) is 12.0 Å². The Bertz CT molecular complexity index is 573. The van der Waals surface area contributed by atoms with Crippen molar-refractivity contribution in [3.63, 3.8) is 0 Å². The molecule has 0 aliphatic heterocycles. The highest BCUT2D eigenvalue weighted by Crippen LogP contribution is 2.40. The summed E-state index contributed by atoms with van der Waals surface area (Å²) in [6, 6.07) is 11.7. The van der Waals surface area contributed by atoms with Gasteiger partial charge in [-0.3, -0.25) is 0 Å². The molecule has 0 saturated heterocycles. The molecule has 0 radical (unpaired) electrons. The minimum atomic E-state index is 0.371. The van der Waals surface area contributed by atoms with Gasteiger partial charge in [-0.2, -0.15) is 0 Å². The van der Waals surface area contributed by atoms with Crippen LogP contribution in [0, 0.1) is 6.92 Å². The molecule has 3 heteroatoms. The molecule has 0 amide bonds. The van der Waals surface area contributed by atoms with Crippen LogP contribution in [-0.2, 0) is 6.42 Å². The van der Waals surface area contributed by atoms with Crippen molar-refractivity contribution in [2.75, 3.05) is 0 Å². The number of hydrogen-bond acceptors (Lipinski definition) is 2. The van der Waals surface area contributed by atoms with Crippen LogP contribution in [0.15, 0.2) is 30.3 Å². The lowest BCUT2D eigenvalue weighted by Gasteiger charge is -2.20. The number of fused-ring (bicyclic) bond motifs is 1. The van der Waals surface area contributed by atoms with Gasteiger partial charge >= 0.3 is 0 Å². The van der Waals surface area contributed by atoms with Crippen molar-refractivity contribution in [1.29, 1.82) is 0 Å². The normalized spacial score (nSPS) is 19.4. The number of nitrogens with one attached hydrogen (secondary N) is 1. The van der Waals surface area contributed by atoms with Crippen LogP contribution in [0.4, 0.5) is 0 Å². The molecule has 3 rings (SSSR count). The van der Waals surface area contributed by atoms with Crippen molar-refractivity contribution >= 4 is 22.9 Å². The van der Waals surface area contributed by atoms with Gasteiger partial charge in [0.2, 0.25) is 0 Å². The smallest absolute Gasteiger partial charge is 0.0934 e. The average molecular weight is 292 g/mol. The third-order valence-corrected chi connectivity index (χ3v) is 5.22. The van der Waals surface area contributed by atoms with Gasteiger partial charge in [0.15, 0.2) is 0 Å². The SMILES string of the molecule is Cc1ccc([C@H](C)NC2CCc3sc(Cl)cc32)cc1. The lowest BCUT2D eigenvalue weighted by molar-refractivity contribution is 0.465. The summed E-state index contributed by atoms with van der Waals surface area (Å²) in [5.74, 6) is 0. The lowest BCUT2D eigenvalue weighted by Crippen LogP contribution is -2.22. The van der Waals surface area contributed by atoms with E-state index in [-0.39, 0.29) is 0 Å². The van der Waals surface area contributed by atoms with Crippen molar-refractivity contribution in [1.82, 2.24) is 5.32 Å². The first-order valence-corrected chi connectivity index (χ1v) is 7.93. The van der Waals surface area contributed by atoms with Crippen molar-refractivity contribution in [3.8, 4) is 0 Å². The van der Waals surface area contributed by atoms with Gasteiger partial charge in [0, 0.05) is 17.0 Å². The lowest BCUT2D eigenvalue weighted by atomic mass is 10.0. The van der Waals surface area contributed by atoms with E-state index in [2.05, 4.69) is 49.5 Å². The number of benzene rings is 1. The maximum Gasteiger partial charge on any atom is 0.0934 e. The van der Waals surface area contributed by atoms with E-state index >= 15 is 0 Å². The molecule has 2 atom stereocenters. The summed E-state index contributed by atoms with van der Waals surface area (Å²) in [4.78, 5) is 1.46. The number of aryl methyl sites for hydroxylation is 2. The van der Waals surface area contributed by atoms with Gasteiger partial charge in [0.1, 0.15) is 0 Å². The summed E-state index contributed by atoms with van der Waals surface area (Å²) in [6.45, 7) is 4.36. The third-order valence-electron chi connectivity index (χ3n) is 3.88. The highest BCUT2D eigenvalue weighted by molar-refractivity contribution is 7.16. The van der Waals surface area contributed by atoms with Crippen LogP contribution in [0.1, 0.15) is 47.0 Å². The molecule has 100 valence electrons. The largest absolute Gasteiger partial charge is 0.303 e. The molecule has 1 unspecified atom stereocenters. The zero-order valence-electron chi connectivity index (χ0n) is 11.2. The van der Waals surface area contributed by atoms with Gasteiger partial charge in [0.05, 0.1) is 4.34 Å². The minimum absolute atomic E-state index is 0.371. The second-order valence-electron chi connectivity index (χ2n) is 5.32. The van der Waals surface area contributed by atoms with Gasteiger partial charge < -0.3 is 5.32 Å². The average Bonchev–Trinajstić information content (AvgIpc) is 2.91. The van der Waals surface area contributed by atoms with Gasteiger partial charge in [0.25, 0.3) is 0 Å². The molecule has 1 aliphatic carbocycles. The molecule has 1 aliphatic rings. The summed E-state index contributed by atoms with van der Waals surface area (Å²) >= 11 is 7.84. The number of thiophene rings is 1. The molecule has 1 heterocycles. The summed E-state index contributed by atoms with van der Waals surface area (Å²) in [7, 11) is 0. The van der Waals surface area contributed by atoms with E-state index in [0.29, 0.717) is 12.1 Å². The van der Waals surface area contributed by atoms with Crippen LogP contribution in [0.3, 0.4) is 0 Å². The zero-order valence-corrected chi connectivity index (χ0v) is 12.8. The highest BCUT2D eigenvalue weighted by atomic mass is 35.5. The third kappa shape index (κ3) is 2.71. The van der Waals surface area contributed by atoms with Crippen molar-refractivity contribution in [2.24, 2.45) is 0 Å². The van der Waals surface area contributed by atoms with Crippen LogP contribution in [0.2, 0.25) is 4.34 Å². The first-order valence-electron chi connectivity index (χ1n) is 6.74. The van der Waals surface area contributed by atoms with Gasteiger partial charge in [-0.25, -0.2) is 0 Å². The fourth-order valence-electron chi connectivity index (χ4n) is 2.76. The second-order valence-corrected chi connectivity index (χ2v) is 7.09. The molecule has 0 bridgehead atoms. The molecule has 1 aromatic heterocycles. The molecular formula is C16H18ClNS. The first kappa shape index (κ1) is 13.2. The van der Waals surface area contributed by atoms with Gasteiger partial charge in [-0.15, -0.1) is 11.3 Å². The molecule has 1 aromatic carbocycles. The fraction of sp³-hybridized carbons (Fsp3) is 0.375. The molecular weight excluding hydrogens is 274 g/mol. The number of halogens is 1. The summed E-state index contributed by atoms with van der Waals surface area (Å²) in [5, 5.41) is 3.73. The Hall–Kier alpha value is -0.830. The van der Waals surface area contributed by atoms with Crippen LogP contribution in [0.25, 0.3) is 0 Å². The molecule has 0 spiro atoms. The molecule has 2 aromatic rings. The molecule has 0 fully saturated rings. The maximum atomic E-state index is 6.11. The van der Waals surface area contributed by atoms with Crippen LogP contribution in [0.5, 0.6) is 0 Å². The number of rotatable bonds is 3. The Morgan fingerprint density at radius 3 is 2.79 bits per heavy atom.